The van der Waals surface area contributed by atoms with Crippen LogP contribution in [-0.4, -0.2) is 29.5 Å². The molecule has 0 aromatic heterocycles. The highest BCUT2D eigenvalue weighted by Gasteiger charge is 2.09. The highest BCUT2D eigenvalue weighted by molar-refractivity contribution is 7.97. The van der Waals surface area contributed by atoms with Gasteiger partial charge in [0, 0.05) is 4.90 Å². The third-order valence-corrected chi connectivity index (χ3v) is 2.32. The molecule has 0 bridgehead atoms. The van der Waals surface area contributed by atoms with E-state index in [4.69, 9.17) is 5.11 Å². The summed E-state index contributed by atoms with van der Waals surface area (Å²) in [4.78, 5) is 11.5. The second-order valence-corrected chi connectivity index (χ2v) is 4.06. The Morgan fingerprint density at radius 1 is 1.38 bits per heavy atom. The number of carbonyl (C=O) groups is 1. The zero-order valence-corrected chi connectivity index (χ0v) is 8.34. The van der Waals surface area contributed by atoms with Crippen molar-refractivity contribution in [1.29, 1.82) is 0 Å². The molecular formula is C9H11NO2S. The molecule has 1 aromatic carbocycles. The van der Waals surface area contributed by atoms with Crippen LogP contribution < -0.4 is 0 Å². The Hall–Kier alpha value is -1.00. The number of benzene rings is 1. The minimum absolute atomic E-state index is 0.348. The summed E-state index contributed by atoms with van der Waals surface area (Å²) in [6, 6.07) is 6.96. The molecule has 70 valence electrons. The summed E-state index contributed by atoms with van der Waals surface area (Å²) < 4.78 is 1.86. The molecule has 0 fully saturated rings. The van der Waals surface area contributed by atoms with Crippen LogP contribution in [0, 0.1) is 0 Å². The van der Waals surface area contributed by atoms with Crippen LogP contribution in [-0.2, 0) is 0 Å². The molecule has 4 heteroatoms. The second kappa shape index (κ2) is 4.30. The van der Waals surface area contributed by atoms with Gasteiger partial charge in [-0.1, -0.05) is 12.1 Å². The minimum Gasteiger partial charge on any atom is -0.478 e. The van der Waals surface area contributed by atoms with Crippen LogP contribution in [0.5, 0.6) is 0 Å². The van der Waals surface area contributed by atoms with Crippen LogP contribution in [0.1, 0.15) is 10.4 Å². The minimum atomic E-state index is -0.884. The first-order valence-electron chi connectivity index (χ1n) is 3.79. The Balaban J connectivity index is 2.98. The van der Waals surface area contributed by atoms with Crippen molar-refractivity contribution in [3.63, 3.8) is 0 Å². The number of hydrogen-bond donors (Lipinski definition) is 1. The molecule has 0 spiro atoms. The molecule has 0 amide bonds. The number of carboxylic acids is 1. The predicted octanol–water partition coefficient (Wildman–Crippen LogP) is 1.95. The molecule has 0 radical (unpaired) electrons. The Bertz CT molecular complexity index is 312. The Morgan fingerprint density at radius 2 is 2.00 bits per heavy atom. The molecule has 0 unspecified atom stereocenters. The van der Waals surface area contributed by atoms with Crippen molar-refractivity contribution in [3.8, 4) is 0 Å². The van der Waals surface area contributed by atoms with Crippen LogP contribution in [0.3, 0.4) is 0 Å². The zero-order chi connectivity index (χ0) is 9.84. The highest BCUT2D eigenvalue weighted by atomic mass is 32.2. The lowest BCUT2D eigenvalue weighted by molar-refractivity contribution is 0.0693. The largest absolute Gasteiger partial charge is 0.478 e. The normalized spacial score (nSPS) is 10.4. The standard InChI is InChI=1S/C9H11NO2S/c1-10(2)13-8-6-4-3-5-7(8)9(11)12/h3-6H,1-2H3,(H,11,12). The first kappa shape index (κ1) is 10.1. The zero-order valence-electron chi connectivity index (χ0n) is 7.52. The van der Waals surface area contributed by atoms with Gasteiger partial charge in [-0.25, -0.2) is 4.79 Å². The molecule has 1 N–H and O–H groups in total. The van der Waals surface area contributed by atoms with Crippen LogP contribution in [0.2, 0.25) is 0 Å². The van der Waals surface area contributed by atoms with Crippen molar-refractivity contribution in [1.82, 2.24) is 4.31 Å². The number of carboxylic acid groups (broad SMARTS) is 1. The van der Waals surface area contributed by atoms with Gasteiger partial charge in [0.05, 0.1) is 5.56 Å². The fourth-order valence-electron chi connectivity index (χ4n) is 0.920. The molecule has 0 saturated carbocycles. The summed E-state index contributed by atoms with van der Waals surface area (Å²) in [7, 11) is 3.76. The van der Waals surface area contributed by atoms with E-state index in [0.717, 1.165) is 4.90 Å². The van der Waals surface area contributed by atoms with E-state index in [9.17, 15) is 4.79 Å². The quantitative estimate of drug-likeness (QED) is 0.752. The maximum Gasteiger partial charge on any atom is 0.336 e. The van der Waals surface area contributed by atoms with E-state index in [2.05, 4.69) is 0 Å². The van der Waals surface area contributed by atoms with Crippen molar-refractivity contribution in [2.75, 3.05) is 14.1 Å². The number of rotatable bonds is 3. The first-order chi connectivity index (χ1) is 6.11. The van der Waals surface area contributed by atoms with Gasteiger partial charge >= 0.3 is 5.97 Å². The van der Waals surface area contributed by atoms with Gasteiger partial charge in [0.15, 0.2) is 0 Å². The number of aromatic carboxylic acids is 1. The maximum absolute atomic E-state index is 10.8. The average molecular weight is 197 g/mol. The van der Waals surface area contributed by atoms with Crippen LogP contribution in [0.25, 0.3) is 0 Å². The highest BCUT2D eigenvalue weighted by Crippen LogP contribution is 2.23. The third-order valence-electron chi connectivity index (χ3n) is 1.40. The van der Waals surface area contributed by atoms with Gasteiger partial charge in [0.25, 0.3) is 0 Å². The van der Waals surface area contributed by atoms with Crippen molar-refractivity contribution in [3.05, 3.63) is 29.8 Å². The topological polar surface area (TPSA) is 40.5 Å². The SMILES string of the molecule is CN(C)Sc1ccccc1C(=O)O. The van der Waals surface area contributed by atoms with E-state index in [0.29, 0.717) is 5.56 Å². The van der Waals surface area contributed by atoms with E-state index >= 15 is 0 Å². The second-order valence-electron chi connectivity index (χ2n) is 2.70. The molecule has 3 nitrogen and oxygen atoms in total. The van der Waals surface area contributed by atoms with E-state index in [-0.39, 0.29) is 0 Å². The molecule has 0 heterocycles. The van der Waals surface area contributed by atoms with E-state index in [1.54, 1.807) is 18.2 Å². The van der Waals surface area contributed by atoms with Gasteiger partial charge in [-0.2, -0.15) is 0 Å². The van der Waals surface area contributed by atoms with Gasteiger partial charge in [-0.15, -0.1) is 0 Å². The predicted molar refractivity (Wildman–Crippen MR) is 52.9 cm³/mol. The third kappa shape index (κ3) is 2.75. The van der Waals surface area contributed by atoms with Crippen molar-refractivity contribution in [2.45, 2.75) is 4.90 Å². The fourth-order valence-corrected chi connectivity index (χ4v) is 1.71. The van der Waals surface area contributed by atoms with Crippen molar-refractivity contribution < 1.29 is 9.90 Å². The van der Waals surface area contributed by atoms with Gasteiger partial charge in [0.2, 0.25) is 0 Å². The monoisotopic (exact) mass is 197 g/mol. The molecule has 0 saturated heterocycles. The lowest BCUT2D eigenvalue weighted by Gasteiger charge is -2.10. The summed E-state index contributed by atoms with van der Waals surface area (Å²) in [6.45, 7) is 0. The molecule has 13 heavy (non-hydrogen) atoms. The molecule has 1 aromatic rings. The average Bonchev–Trinajstić information content (AvgIpc) is 2.03. The van der Waals surface area contributed by atoms with Gasteiger partial charge < -0.3 is 5.11 Å². The lowest BCUT2D eigenvalue weighted by atomic mass is 10.2. The number of hydrogen-bond acceptors (Lipinski definition) is 3. The molecule has 0 atom stereocenters. The van der Waals surface area contributed by atoms with Crippen molar-refractivity contribution in [2.24, 2.45) is 0 Å². The van der Waals surface area contributed by atoms with E-state index < -0.39 is 5.97 Å². The Kier molecular flexibility index (Phi) is 3.33. The summed E-state index contributed by atoms with van der Waals surface area (Å²) in [6.07, 6.45) is 0. The van der Waals surface area contributed by atoms with E-state index in [1.165, 1.54) is 11.9 Å². The summed E-state index contributed by atoms with van der Waals surface area (Å²) in [5, 5.41) is 8.85. The molecule has 1 rings (SSSR count). The van der Waals surface area contributed by atoms with Crippen LogP contribution >= 0.6 is 11.9 Å². The molecular weight excluding hydrogens is 186 g/mol. The van der Waals surface area contributed by atoms with Crippen LogP contribution in [0.4, 0.5) is 0 Å². The lowest BCUT2D eigenvalue weighted by Crippen LogP contribution is -2.03. The van der Waals surface area contributed by atoms with Gasteiger partial charge in [-0.3, -0.25) is 4.31 Å². The molecule has 0 aliphatic carbocycles. The van der Waals surface area contributed by atoms with Crippen molar-refractivity contribution >= 4 is 17.9 Å². The van der Waals surface area contributed by atoms with Gasteiger partial charge in [0.1, 0.15) is 0 Å². The molecule has 0 aliphatic heterocycles. The Labute approximate surface area is 81.5 Å². The summed E-state index contributed by atoms with van der Waals surface area (Å²) >= 11 is 1.41. The number of nitrogens with zero attached hydrogens (tertiary/aromatic N) is 1. The molecule has 0 aliphatic rings. The Morgan fingerprint density at radius 3 is 2.54 bits per heavy atom. The van der Waals surface area contributed by atoms with E-state index in [1.807, 2.05) is 24.5 Å². The smallest absolute Gasteiger partial charge is 0.336 e. The first-order valence-corrected chi connectivity index (χ1v) is 4.56. The van der Waals surface area contributed by atoms with Gasteiger partial charge in [-0.05, 0) is 38.2 Å². The van der Waals surface area contributed by atoms with Crippen LogP contribution in [0.15, 0.2) is 29.2 Å². The maximum atomic E-state index is 10.8. The summed E-state index contributed by atoms with van der Waals surface area (Å²) in [5.41, 5.74) is 0.348. The fraction of sp³-hybridized carbons (Fsp3) is 0.222. The summed E-state index contributed by atoms with van der Waals surface area (Å²) in [5.74, 6) is -0.884.